The van der Waals surface area contributed by atoms with Gasteiger partial charge >= 0.3 is 0 Å². The summed E-state index contributed by atoms with van der Waals surface area (Å²) in [5.41, 5.74) is 9.98. The zero-order valence-electron chi connectivity index (χ0n) is 19.2. The second kappa shape index (κ2) is 7.86. The largest absolute Gasteiger partial charge is 0.291 e. The third-order valence-corrected chi connectivity index (χ3v) is 7.64. The molecule has 0 saturated heterocycles. The highest BCUT2D eigenvalue weighted by atomic mass is 15.1. The maximum Gasteiger partial charge on any atom is 0.0246 e. The Morgan fingerprint density at radius 3 is 2.42 bits per heavy atom. The summed E-state index contributed by atoms with van der Waals surface area (Å²) in [5, 5.41) is 2.67. The summed E-state index contributed by atoms with van der Waals surface area (Å²) in [6.45, 7) is 9.29. The van der Waals surface area contributed by atoms with E-state index in [4.69, 9.17) is 0 Å². The van der Waals surface area contributed by atoms with Crippen LogP contribution in [0.5, 0.6) is 0 Å². The summed E-state index contributed by atoms with van der Waals surface area (Å²) in [7, 11) is 0. The first-order valence-corrected chi connectivity index (χ1v) is 11.9. The molecule has 0 amide bonds. The molecule has 2 aliphatic rings. The van der Waals surface area contributed by atoms with E-state index in [-0.39, 0.29) is 5.41 Å². The Labute approximate surface area is 196 Å². The number of rotatable bonds is 3. The van der Waals surface area contributed by atoms with Gasteiger partial charge in [-0.3, -0.25) is 4.90 Å². The fraction of sp³-hybridized carbons (Fsp3) is 0.188. The van der Waals surface area contributed by atoms with E-state index in [0.717, 1.165) is 26.1 Å². The van der Waals surface area contributed by atoms with Crippen LogP contribution in [0, 0.1) is 0 Å². The molecule has 0 aromatic heterocycles. The molecule has 0 fully saturated rings. The van der Waals surface area contributed by atoms with Gasteiger partial charge in [0.05, 0.1) is 0 Å². The molecule has 0 N–H and O–H groups in total. The van der Waals surface area contributed by atoms with Crippen molar-refractivity contribution in [3.8, 4) is 0 Å². The second-order valence-corrected chi connectivity index (χ2v) is 9.66. The quantitative estimate of drug-likeness (QED) is 0.314. The van der Waals surface area contributed by atoms with Gasteiger partial charge in [-0.1, -0.05) is 104 Å². The molecular formula is C32H29N. The lowest BCUT2D eigenvalue weighted by molar-refractivity contribution is 0.306. The van der Waals surface area contributed by atoms with Gasteiger partial charge in [0.2, 0.25) is 0 Å². The fourth-order valence-electron chi connectivity index (χ4n) is 6.04. The van der Waals surface area contributed by atoms with Crippen LogP contribution >= 0.6 is 0 Å². The van der Waals surface area contributed by atoms with Crippen LogP contribution in [0.25, 0.3) is 16.3 Å². The molecule has 1 heteroatoms. The molecule has 33 heavy (non-hydrogen) atoms. The topological polar surface area (TPSA) is 3.24 Å². The first-order chi connectivity index (χ1) is 16.2. The van der Waals surface area contributed by atoms with Crippen LogP contribution in [-0.4, -0.2) is 18.0 Å². The number of benzene rings is 4. The number of hydrogen-bond acceptors (Lipinski definition) is 1. The fourth-order valence-corrected chi connectivity index (χ4v) is 6.04. The maximum absolute atomic E-state index is 4.07. The van der Waals surface area contributed by atoms with E-state index in [1.807, 2.05) is 6.08 Å². The van der Waals surface area contributed by atoms with E-state index >= 15 is 0 Å². The van der Waals surface area contributed by atoms with Gasteiger partial charge in [0, 0.05) is 25.0 Å². The Kier molecular flexibility index (Phi) is 4.81. The van der Waals surface area contributed by atoms with Gasteiger partial charge in [0.25, 0.3) is 0 Å². The molecule has 1 nitrogen and oxygen atoms in total. The highest BCUT2D eigenvalue weighted by molar-refractivity contribution is 6.02. The zero-order chi connectivity index (χ0) is 22.4. The standard InChI is InChI=1S/C32H29N/c1-3-19-33-21-25-18-17-23-11-7-9-15-27(23)30(25)31-28-16-10-8-12-24(28)20-32(2,29(31)22-33)26-13-5-4-6-14-26/h3-18H,1,19-22H2,2H3. The van der Waals surface area contributed by atoms with Gasteiger partial charge in [-0.05, 0) is 56.2 Å². The van der Waals surface area contributed by atoms with Crippen molar-refractivity contribution >= 4 is 16.3 Å². The first kappa shape index (κ1) is 20.2. The van der Waals surface area contributed by atoms with Gasteiger partial charge in [0.15, 0.2) is 0 Å². The van der Waals surface area contributed by atoms with E-state index in [2.05, 4.69) is 109 Å². The van der Waals surface area contributed by atoms with Gasteiger partial charge in [-0.25, -0.2) is 0 Å². The summed E-state index contributed by atoms with van der Waals surface area (Å²) in [6, 6.07) is 33.7. The average molecular weight is 428 g/mol. The molecular weight excluding hydrogens is 398 g/mol. The van der Waals surface area contributed by atoms with Crippen molar-refractivity contribution < 1.29 is 0 Å². The van der Waals surface area contributed by atoms with Crippen molar-refractivity contribution in [1.29, 1.82) is 0 Å². The molecule has 0 radical (unpaired) electrons. The van der Waals surface area contributed by atoms with Crippen LogP contribution in [0.4, 0.5) is 0 Å². The molecule has 1 atom stereocenters. The van der Waals surface area contributed by atoms with E-state index in [9.17, 15) is 0 Å². The highest BCUT2D eigenvalue weighted by Gasteiger charge is 2.41. The van der Waals surface area contributed by atoms with E-state index in [1.165, 1.54) is 49.7 Å². The number of nitrogens with zero attached hydrogens (tertiary/aromatic N) is 1. The van der Waals surface area contributed by atoms with E-state index in [1.54, 1.807) is 0 Å². The molecule has 1 unspecified atom stereocenters. The Hall–Kier alpha value is -3.42. The van der Waals surface area contributed by atoms with Gasteiger partial charge in [-0.15, -0.1) is 6.58 Å². The van der Waals surface area contributed by atoms with Crippen LogP contribution in [0.15, 0.2) is 109 Å². The highest BCUT2D eigenvalue weighted by Crippen LogP contribution is 2.50. The van der Waals surface area contributed by atoms with Gasteiger partial charge in [0.1, 0.15) is 0 Å². The van der Waals surface area contributed by atoms with Gasteiger partial charge < -0.3 is 0 Å². The van der Waals surface area contributed by atoms with E-state index in [0.29, 0.717) is 0 Å². The summed E-state index contributed by atoms with van der Waals surface area (Å²) in [5.74, 6) is 0. The van der Waals surface area contributed by atoms with Crippen molar-refractivity contribution in [3.05, 3.63) is 137 Å². The van der Waals surface area contributed by atoms with Crippen LogP contribution in [0.3, 0.4) is 0 Å². The van der Waals surface area contributed by atoms with Crippen LogP contribution in [0.2, 0.25) is 0 Å². The Balaban J connectivity index is 1.75. The average Bonchev–Trinajstić information content (AvgIpc) is 3.03. The Morgan fingerprint density at radius 1 is 0.818 bits per heavy atom. The van der Waals surface area contributed by atoms with Crippen molar-refractivity contribution in [1.82, 2.24) is 4.90 Å². The smallest absolute Gasteiger partial charge is 0.0246 e. The molecule has 0 spiro atoms. The molecule has 0 saturated carbocycles. The summed E-state index contributed by atoms with van der Waals surface area (Å²) in [6.07, 6.45) is 3.07. The normalized spacial score (nSPS) is 20.0. The monoisotopic (exact) mass is 427 g/mol. The summed E-state index contributed by atoms with van der Waals surface area (Å²) in [4.78, 5) is 2.55. The third-order valence-electron chi connectivity index (χ3n) is 7.64. The minimum absolute atomic E-state index is 0.0665. The minimum Gasteiger partial charge on any atom is -0.291 e. The van der Waals surface area contributed by atoms with E-state index < -0.39 is 0 Å². The van der Waals surface area contributed by atoms with Gasteiger partial charge in [-0.2, -0.15) is 0 Å². The molecule has 6 rings (SSSR count). The lowest BCUT2D eigenvalue weighted by Gasteiger charge is -2.41. The molecule has 4 aromatic rings. The predicted molar refractivity (Wildman–Crippen MR) is 139 cm³/mol. The summed E-state index contributed by atoms with van der Waals surface area (Å²) >= 11 is 0. The van der Waals surface area contributed by atoms with Crippen molar-refractivity contribution in [3.63, 3.8) is 0 Å². The lowest BCUT2D eigenvalue weighted by Crippen LogP contribution is -2.37. The number of fused-ring (bicyclic) bond motifs is 6. The Bertz CT molecular complexity index is 1390. The molecule has 1 aliphatic carbocycles. The second-order valence-electron chi connectivity index (χ2n) is 9.66. The molecule has 162 valence electrons. The minimum atomic E-state index is -0.0665. The molecule has 1 heterocycles. The zero-order valence-corrected chi connectivity index (χ0v) is 19.2. The maximum atomic E-state index is 4.07. The number of hydrogen-bond donors (Lipinski definition) is 0. The third kappa shape index (κ3) is 3.19. The van der Waals surface area contributed by atoms with Crippen molar-refractivity contribution in [2.45, 2.75) is 25.3 Å². The lowest BCUT2D eigenvalue weighted by atomic mass is 9.64. The van der Waals surface area contributed by atoms with Crippen molar-refractivity contribution in [2.75, 3.05) is 13.1 Å². The predicted octanol–water partition coefficient (Wildman–Crippen LogP) is 7.16. The van der Waals surface area contributed by atoms with Crippen LogP contribution in [-0.2, 0) is 18.4 Å². The van der Waals surface area contributed by atoms with Crippen LogP contribution in [0.1, 0.15) is 34.7 Å². The van der Waals surface area contributed by atoms with Crippen LogP contribution < -0.4 is 0 Å². The summed E-state index contributed by atoms with van der Waals surface area (Å²) < 4.78 is 0. The molecule has 1 aliphatic heterocycles. The SMILES string of the molecule is C=CCN1CC2=C(c3ccccc3CC2(C)c2ccccc2)c2c(ccc3ccccc23)C1. The van der Waals surface area contributed by atoms with Crippen molar-refractivity contribution in [2.24, 2.45) is 0 Å². The Morgan fingerprint density at radius 2 is 1.58 bits per heavy atom. The first-order valence-electron chi connectivity index (χ1n) is 11.9. The molecule has 4 aromatic carbocycles. The molecule has 0 bridgehead atoms.